The van der Waals surface area contributed by atoms with E-state index in [9.17, 15) is 4.79 Å². The Balaban J connectivity index is 2.40. The van der Waals surface area contributed by atoms with Crippen LogP contribution in [0.2, 0.25) is 5.02 Å². The van der Waals surface area contributed by atoms with Crippen molar-refractivity contribution in [2.45, 2.75) is 25.3 Å². The SMILES string of the molecule is CC1(c2ccccc2Cl)CCC(=O)N1. The van der Waals surface area contributed by atoms with E-state index in [0.717, 1.165) is 17.0 Å². The van der Waals surface area contributed by atoms with Gasteiger partial charge in [-0.2, -0.15) is 0 Å². The van der Waals surface area contributed by atoms with Crippen molar-refractivity contribution in [1.29, 1.82) is 0 Å². The largest absolute Gasteiger partial charge is 0.347 e. The molecule has 0 spiro atoms. The fourth-order valence-electron chi connectivity index (χ4n) is 1.91. The normalized spacial score (nSPS) is 26.3. The van der Waals surface area contributed by atoms with Gasteiger partial charge in [0.2, 0.25) is 5.91 Å². The first-order valence-corrected chi connectivity index (χ1v) is 5.06. The summed E-state index contributed by atoms with van der Waals surface area (Å²) in [6.45, 7) is 2.01. The van der Waals surface area contributed by atoms with E-state index in [-0.39, 0.29) is 11.4 Å². The molecule has 1 heterocycles. The lowest BCUT2D eigenvalue weighted by Gasteiger charge is -2.25. The van der Waals surface area contributed by atoms with Crippen molar-refractivity contribution >= 4 is 17.5 Å². The molecule has 1 amide bonds. The Labute approximate surface area is 88.3 Å². The molecule has 1 aliphatic heterocycles. The predicted molar refractivity (Wildman–Crippen MR) is 56.2 cm³/mol. The number of carbonyl (C=O) groups excluding carboxylic acids is 1. The summed E-state index contributed by atoms with van der Waals surface area (Å²) in [5.74, 6) is 0.104. The second-order valence-electron chi connectivity index (χ2n) is 3.86. The molecule has 0 saturated carbocycles. The van der Waals surface area contributed by atoms with E-state index in [0.29, 0.717) is 6.42 Å². The van der Waals surface area contributed by atoms with Crippen molar-refractivity contribution < 1.29 is 4.79 Å². The molecule has 2 nitrogen and oxygen atoms in total. The average molecular weight is 210 g/mol. The first-order chi connectivity index (χ1) is 6.62. The maximum atomic E-state index is 11.2. The molecule has 0 aromatic heterocycles. The van der Waals surface area contributed by atoms with Crippen molar-refractivity contribution in [2.75, 3.05) is 0 Å². The zero-order valence-corrected chi connectivity index (χ0v) is 8.77. The van der Waals surface area contributed by atoms with E-state index in [1.807, 2.05) is 31.2 Å². The molecule has 14 heavy (non-hydrogen) atoms. The Morgan fingerprint density at radius 3 is 2.71 bits per heavy atom. The first kappa shape index (κ1) is 9.53. The van der Waals surface area contributed by atoms with Crippen LogP contribution in [0, 0.1) is 0 Å². The minimum Gasteiger partial charge on any atom is -0.347 e. The Morgan fingerprint density at radius 2 is 2.14 bits per heavy atom. The van der Waals surface area contributed by atoms with E-state index < -0.39 is 0 Å². The molecule has 74 valence electrons. The highest BCUT2D eigenvalue weighted by Gasteiger charge is 2.35. The van der Waals surface area contributed by atoms with Gasteiger partial charge in [0.1, 0.15) is 0 Å². The van der Waals surface area contributed by atoms with Crippen LogP contribution in [-0.4, -0.2) is 5.91 Å². The van der Waals surface area contributed by atoms with Crippen LogP contribution in [-0.2, 0) is 10.3 Å². The van der Waals surface area contributed by atoms with Gasteiger partial charge in [0.05, 0.1) is 5.54 Å². The number of rotatable bonds is 1. The van der Waals surface area contributed by atoms with Crippen molar-refractivity contribution in [1.82, 2.24) is 5.32 Å². The molecule has 0 radical (unpaired) electrons. The molecular formula is C11H12ClNO. The molecule has 1 atom stereocenters. The van der Waals surface area contributed by atoms with Crippen LogP contribution >= 0.6 is 11.6 Å². The standard InChI is InChI=1S/C11H12ClNO/c1-11(7-6-10(14)13-11)8-4-2-3-5-9(8)12/h2-5H,6-7H2,1H3,(H,13,14). The molecule has 1 unspecified atom stereocenters. The number of hydrogen-bond acceptors (Lipinski definition) is 1. The quantitative estimate of drug-likeness (QED) is 0.757. The Bertz CT molecular complexity index is 377. The highest BCUT2D eigenvalue weighted by molar-refractivity contribution is 6.31. The molecule has 1 saturated heterocycles. The fraction of sp³-hybridized carbons (Fsp3) is 0.364. The van der Waals surface area contributed by atoms with E-state index in [4.69, 9.17) is 11.6 Å². The molecule has 0 bridgehead atoms. The first-order valence-electron chi connectivity index (χ1n) is 4.68. The van der Waals surface area contributed by atoms with Crippen LogP contribution in [0.4, 0.5) is 0 Å². The number of benzene rings is 1. The highest BCUT2D eigenvalue weighted by Crippen LogP contribution is 2.34. The maximum Gasteiger partial charge on any atom is 0.220 e. The van der Waals surface area contributed by atoms with Gasteiger partial charge in [-0.15, -0.1) is 0 Å². The molecule has 0 aliphatic carbocycles. The molecule has 3 heteroatoms. The lowest BCUT2D eigenvalue weighted by Crippen LogP contribution is -2.35. The summed E-state index contributed by atoms with van der Waals surface area (Å²) in [5.41, 5.74) is 0.725. The minimum atomic E-state index is -0.282. The smallest absolute Gasteiger partial charge is 0.220 e. The predicted octanol–water partition coefficient (Wildman–Crippen LogP) is 2.47. The Morgan fingerprint density at radius 1 is 1.43 bits per heavy atom. The lowest BCUT2D eigenvalue weighted by atomic mass is 9.91. The number of nitrogens with one attached hydrogen (secondary N) is 1. The second-order valence-corrected chi connectivity index (χ2v) is 4.27. The van der Waals surface area contributed by atoms with E-state index in [1.165, 1.54) is 0 Å². The Hall–Kier alpha value is -1.02. The van der Waals surface area contributed by atoms with E-state index in [1.54, 1.807) is 0 Å². The number of halogens is 1. The molecule has 1 N–H and O–H groups in total. The van der Waals surface area contributed by atoms with Gasteiger partial charge in [0.25, 0.3) is 0 Å². The van der Waals surface area contributed by atoms with Gasteiger partial charge in [0, 0.05) is 11.4 Å². The molecule has 1 aromatic carbocycles. The van der Waals surface area contributed by atoms with Gasteiger partial charge in [-0.25, -0.2) is 0 Å². The monoisotopic (exact) mass is 209 g/mol. The van der Waals surface area contributed by atoms with E-state index >= 15 is 0 Å². The molecule has 1 aliphatic rings. The van der Waals surface area contributed by atoms with Crippen molar-refractivity contribution in [2.24, 2.45) is 0 Å². The van der Waals surface area contributed by atoms with Crippen LogP contribution in [0.1, 0.15) is 25.3 Å². The minimum absolute atomic E-state index is 0.104. The number of amides is 1. The second kappa shape index (κ2) is 3.28. The van der Waals surface area contributed by atoms with Gasteiger partial charge in [-0.3, -0.25) is 4.79 Å². The topological polar surface area (TPSA) is 29.1 Å². The zero-order valence-electron chi connectivity index (χ0n) is 8.01. The van der Waals surface area contributed by atoms with Crippen LogP contribution in [0.3, 0.4) is 0 Å². The third-order valence-electron chi connectivity index (χ3n) is 2.74. The molecular weight excluding hydrogens is 198 g/mol. The van der Waals surface area contributed by atoms with Crippen LogP contribution in [0.15, 0.2) is 24.3 Å². The van der Waals surface area contributed by atoms with Crippen LogP contribution in [0.25, 0.3) is 0 Å². The van der Waals surface area contributed by atoms with Crippen molar-refractivity contribution in [3.63, 3.8) is 0 Å². The fourth-order valence-corrected chi connectivity index (χ4v) is 2.25. The maximum absolute atomic E-state index is 11.2. The summed E-state index contributed by atoms with van der Waals surface area (Å²) in [6, 6.07) is 7.66. The molecule has 2 rings (SSSR count). The third-order valence-corrected chi connectivity index (χ3v) is 3.07. The number of hydrogen-bond donors (Lipinski definition) is 1. The Kier molecular flexibility index (Phi) is 2.23. The van der Waals surface area contributed by atoms with Gasteiger partial charge in [-0.1, -0.05) is 29.8 Å². The summed E-state index contributed by atoms with van der Waals surface area (Å²) in [4.78, 5) is 11.2. The molecule has 1 fully saturated rings. The van der Waals surface area contributed by atoms with Crippen molar-refractivity contribution in [3.8, 4) is 0 Å². The summed E-state index contributed by atoms with van der Waals surface area (Å²) < 4.78 is 0. The van der Waals surface area contributed by atoms with Crippen LogP contribution in [0.5, 0.6) is 0 Å². The summed E-state index contributed by atoms with van der Waals surface area (Å²) >= 11 is 6.09. The third kappa shape index (κ3) is 1.50. The zero-order chi connectivity index (χ0) is 10.2. The lowest BCUT2D eigenvalue weighted by molar-refractivity contribution is -0.119. The summed E-state index contributed by atoms with van der Waals surface area (Å²) in [5, 5.41) is 3.68. The van der Waals surface area contributed by atoms with Gasteiger partial charge in [-0.05, 0) is 25.0 Å². The van der Waals surface area contributed by atoms with Crippen LogP contribution < -0.4 is 5.32 Å². The molecule has 1 aromatic rings. The average Bonchev–Trinajstić information content (AvgIpc) is 2.48. The van der Waals surface area contributed by atoms with E-state index in [2.05, 4.69) is 5.32 Å². The van der Waals surface area contributed by atoms with Gasteiger partial charge < -0.3 is 5.32 Å². The van der Waals surface area contributed by atoms with Gasteiger partial charge in [0.15, 0.2) is 0 Å². The number of carbonyl (C=O) groups is 1. The summed E-state index contributed by atoms with van der Waals surface area (Å²) in [7, 11) is 0. The summed E-state index contributed by atoms with van der Waals surface area (Å²) in [6.07, 6.45) is 1.40. The highest BCUT2D eigenvalue weighted by atomic mass is 35.5. The van der Waals surface area contributed by atoms with Crippen molar-refractivity contribution in [3.05, 3.63) is 34.9 Å². The van der Waals surface area contributed by atoms with Gasteiger partial charge >= 0.3 is 0 Å².